The van der Waals surface area contributed by atoms with E-state index < -0.39 is 18.0 Å². The summed E-state index contributed by atoms with van der Waals surface area (Å²) in [7, 11) is 0. The van der Waals surface area contributed by atoms with E-state index >= 15 is 0 Å². The molecular formula is C20H16FNO4S. The standard InChI is InChI=1S/C20H16FNO4S/c1-11(23)13-3-6-16(7-4-13)22-19(24)12(2)26-20(25)18-10-14-9-15(21)5-8-17(14)27-18/h3-10,12H,1-2H3,(H,22,24). The molecule has 1 atom stereocenters. The molecule has 0 bridgehead atoms. The van der Waals surface area contributed by atoms with Gasteiger partial charge in [-0.25, -0.2) is 9.18 Å². The number of hydrogen-bond donors (Lipinski definition) is 1. The van der Waals surface area contributed by atoms with Crippen molar-refractivity contribution in [3.8, 4) is 0 Å². The number of amides is 1. The fourth-order valence-corrected chi connectivity index (χ4v) is 3.35. The average Bonchev–Trinajstić information content (AvgIpc) is 3.05. The summed E-state index contributed by atoms with van der Waals surface area (Å²) < 4.78 is 19.2. The van der Waals surface area contributed by atoms with Crippen LogP contribution in [0.25, 0.3) is 10.1 Å². The summed E-state index contributed by atoms with van der Waals surface area (Å²) in [5.41, 5.74) is 1.03. The van der Waals surface area contributed by atoms with Crippen molar-refractivity contribution in [2.75, 3.05) is 5.32 Å². The molecule has 0 aliphatic carbocycles. The van der Waals surface area contributed by atoms with Crippen LogP contribution in [-0.4, -0.2) is 23.8 Å². The van der Waals surface area contributed by atoms with Gasteiger partial charge in [0.05, 0.1) is 0 Å². The van der Waals surface area contributed by atoms with Crippen molar-refractivity contribution < 1.29 is 23.5 Å². The van der Waals surface area contributed by atoms with Gasteiger partial charge in [0.1, 0.15) is 10.7 Å². The summed E-state index contributed by atoms with van der Waals surface area (Å²) in [5, 5.41) is 3.23. The lowest BCUT2D eigenvalue weighted by molar-refractivity contribution is -0.123. The number of nitrogens with one attached hydrogen (secondary N) is 1. The minimum atomic E-state index is -1.02. The van der Waals surface area contributed by atoms with Gasteiger partial charge in [0.25, 0.3) is 5.91 Å². The van der Waals surface area contributed by atoms with E-state index in [0.29, 0.717) is 21.5 Å². The predicted molar refractivity (Wildman–Crippen MR) is 102 cm³/mol. The number of halogens is 1. The summed E-state index contributed by atoms with van der Waals surface area (Å²) in [4.78, 5) is 36.0. The number of ketones is 1. The maximum atomic E-state index is 13.3. The second-order valence-electron chi connectivity index (χ2n) is 5.96. The largest absolute Gasteiger partial charge is 0.448 e. The fraction of sp³-hybridized carbons (Fsp3) is 0.150. The topological polar surface area (TPSA) is 72.5 Å². The summed E-state index contributed by atoms with van der Waals surface area (Å²) in [6.45, 7) is 2.92. The van der Waals surface area contributed by atoms with Crippen molar-refractivity contribution >= 4 is 44.8 Å². The molecule has 1 unspecified atom stereocenters. The van der Waals surface area contributed by atoms with Gasteiger partial charge in [-0.2, -0.15) is 0 Å². The van der Waals surface area contributed by atoms with Gasteiger partial charge in [0.15, 0.2) is 11.9 Å². The number of rotatable bonds is 5. The number of ether oxygens (including phenoxy) is 1. The molecule has 2 aromatic carbocycles. The maximum absolute atomic E-state index is 13.3. The number of fused-ring (bicyclic) bond motifs is 1. The Kier molecular flexibility index (Phi) is 5.32. The summed E-state index contributed by atoms with van der Waals surface area (Å²) in [5.74, 6) is -1.60. The molecule has 1 heterocycles. The third-order valence-electron chi connectivity index (χ3n) is 3.89. The zero-order valence-corrected chi connectivity index (χ0v) is 15.4. The fourth-order valence-electron chi connectivity index (χ4n) is 2.42. The number of benzene rings is 2. The third-order valence-corrected chi connectivity index (χ3v) is 4.99. The minimum absolute atomic E-state index is 0.0709. The van der Waals surface area contributed by atoms with E-state index in [1.165, 1.54) is 43.4 Å². The van der Waals surface area contributed by atoms with Crippen molar-refractivity contribution in [3.63, 3.8) is 0 Å². The van der Waals surface area contributed by atoms with Gasteiger partial charge < -0.3 is 10.1 Å². The zero-order chi connectivity index (χ0) is 19.6. The molecule has 27 heavy (non-hydrogen) atoms. The molecule has 0 saturated heterocycles. The molecule has 3 aromatic rings. The molecule has 1 N–H and O–H groups in total. The Morgan fingerprint density at radius 3 is 2.44 bits per heavy atom. The number of anilines is 1. The normalized spacial score (nSPS) is 11.8. The lowest BCUT2D eigenvalue weighted by Gasteiger charge is -2.13. The van der Waals surface area contributed by atoms with Gasteiger partial charge in [-0.1, -0.05) is 0 Å². The molecule has 5 nitrogen and oxygen atoms in total. The zero-order valence-electron chi connectivity index (χ0n) is 14.6. The van der Waals surface area contributed by atoms with E-state index in [1.54, 1.807) is 30.3 Å². The summed E-state index contributed by atoms with van der Waals surface area (Å²) in [6.07, 6.45) is -1.02. The van der Waals surface area contributed by atoms with Crippen LogP contribution in [-0.2, 0) is 9.53 Å². The average molecular weight is 385 g/mol. The van der Waals surface area contributed by atoms with Crippen LogP contribution in [0.15, 0.2) is 48.5 Å². The van der Waals surface area contributed by atoms with Crippen LogP contribution in [0, 0.1) is 5.82 Å². The number of carbonyl (C=O) groups is 3. The maximum Gasteiger partial charge on any atom is 0.349 e. The Morgan fingerprint density at radius 2 is 1.78 bits per heavy atom. The number of carbonyl (C=O) groups excluding carboxylic acids is 3. The van der Waals surface area contributed by atoms with E-state index in [0.717, 1.165) is 4.70 Å². The van der Waals surface area contributed by atoms with Crippen molar-refractivity contribution in [1.82, 2.24) is 0 Å². The molecule has 0 radical (unpaired) electrons. The molecule has 1 amide bonds. The van der Waals surface area contributed by atoms with Crippen LogP contribution in [0.3, 0.4) is 0 Å². The van der Waals surface area contributed by atoms with Gasteiger partial charge >= 0.3 is 5.97 Å². The van der Waals surface area contributed by atoms with E-state index in [-0.39, 0.29) is 11.6 Å². The van der Waals surface area contributed by atoms with Gasteiger partial charge in [-0.05, 0) is 67.8 Å². The first-order chi connectivity index (χ1) is 12.8. The number of thiophene rings is 1. The highest BCUT2D eigenvalue weighted by atomic mass is 32.1. The first-order valence-electron chi connectivity index (χ1n) is 8.15. The Hall–Kier alpha value is -3.06. The minimum Gasteiger partial charge on any atom is -0.448 e. The van der Waals surface area contributed by atoms with Crippen LogP contribution in [0.5, 0.6) is 0 Å². The molecule has 0 saturated carbocycles. The van der Waals surface area contributed by atoms with E-state index in [9.17, 15) is 18.8 Å². The van der Waals surface area contributed by atoms with Crippen LogP contribution < -0.4 is 5.32 Å². The molecule has 0 fully saturated rings. The summed E-state index contributed by atoms with van der Waals surface area (Å²) >= 11 is 1.17. The van der Waals surface area contributed by atoms with Gasteiger partial charge in [-0.15, -0.1) is 11.3 Å². The highest BCUT2D eigenvalue weighted by Gasteiger charge is 2.20. The molecular weight excluding hydrogens is 369 g/mol. The number of esters is 1. The lowest BCUT2D eigenvalue weighted by atomic mass is 10.1. The Bertz CT molecular complexity index is 1030. The predicted octanol–water partition coefficient (Wildman–Crippen LogP) is 4.43. The smallest absolute Gasteiger partial charge is 0.349 e. The first-order valence-corrected chi connectivity index (χ1v) is 8.97. The Balaban J connectivity index is 1.64. The molecule has 1 aromatic heterocycles. The molecule has 3 rings (SSSR count). The monoisotopic (exact) mass is 385 g/mol. The summed E-state index contributed by atoms with van der Waals surface area (Å²) in [6, 6.07) is 12.2. The SMILES string of the molecule is CC(=O)c1ccc(NC(=O)C(C)OC(=O)c2cc3cc(F)ccc3s2)cc1. The molecule has 0 aliphatic rings. The second kappa shape index (κ2) is 7.67. The van der Waals surface area contributed by atoms with Gasteiger partial charge in [0.2, 0.25) is 0 Å². The first kappa shape index (κ1) is 18.7. The third kappa shape index (κ3) is 4.38. The Morgan fingerprint density at radius 1 is 1.07 bits per heavy atom. The highest BCUT2D eigenvalue weighted by molar-refractivity contribution is 7.20. The quantitative estimate of drug-likeness (QED) is 0.521. The molecule has 0 spiro atoms. The van der Waals surface area contributed by atoms with E-state index in [4.69, 9.17) is 4.74 Å². The number of hydrogen-bond acceptors (Lipinski definition) is 5. The van der Waals surface area contributed by atoms with Crippen LogP contribution in [0.1, 0.15) is 33.9 Å². The van der Waals surface area contributed by atoms with Gasteiger partial charge in [-0.3, -0.25) is 9.59 Å². The van der Waals surface area contributed by atoms with E-state index in [1.807, 2.05) is 0 Å². The second-order valence-corrected chi connectivity index (χ2v) is 7.05. The molecule has 138 valence electrons. The molecule has 0 aliphatic heterocycles. The van der Waals surface area contributed by atoms with Crippen molar-refractivity contribution in [2.24, 2.45) is 0 Å². The van der Waals surface area contributed by atoms with Crippen LogP contribution in [0.2, 0.25) is 0 Å². The van der Waals surface area contributed by atoms with E-state index in [2.05, 4.69) is 5.32 Å². The van der Waals surface area contributed by atoms with Crippen molar-refractivity contribution in [2.45, 2.75) is 20.0 Å². The molecule has 7 heteroatoms. The lowest BCUT2D eigenvalue weighted by Crippen LogP contribution is -2.29. The van der Waals surface area contributed by atoms with Crippen LogP contribution in [0.4, 0.5) is 10.1 Å². The van der Waals surface area contributed by atoms with Crippen molar-refractivity contribution in [1.29, 1.82) is 0 Å². The highest BCUT2D eigenvalue weighted by Crippen LogP contribution is 2.27. The van der Waals surface area contributed by atoms with Crippen LogP contribution >= 0.6 is 11.3 Å². The van der Waals surface area contributed by atoms with Crippen molar-refractivity contribution in [3.05, 3.63) is 64.8 Å². The number of Topliss-reactive ketones (excluding diaryl/α,β-unsaturated/α-hetero) is 1. The Labute approximate surface area is 158 Å². The van der Waals surface area contributed by atoms with Gasteiger partial charge in [0, 0.05) is 16.0 Å².